The molecular formula is C76H101N13O15. The maximum absolute atomic E-state index is 16.0. The van der Waals surface area contributed by atoms with Crippen molar-refractivity contribution in [3.8, 4) is 5.75 Å². The Morgan fingerprint density at radius 1 is 0.615 bits per heavy atom. The number of likely N-dealkylation sites (N-methyl/N-ethyl adjacent to an activating group) is 1. The lowest BCUT2D eigenvalue weighted by Crippen LogP contribution is -2.63. The fraction of sp³-hybridized carbons (Fsp3) is 0.434. The highest BCUT2D eigenvalue weighted by molar-refractivity contribution is 6.16. The number of likely N-dealkylation sites (tertiary alicyclic amines) is 1. The van der Waals surface area contributed by atoms with Crippen LogP contribution in [0.1, 0.15) is 115 Å². The number of H-pyrrole nitrogens is 1. The molecule has 16 N–H and O–H groups in total. The molecule has 1 saturated heterocycles. The fourth-order valence-corrected chi connectivity index (χ4v) is 12.2. The highest BCUT2D eigenvalue weighted by Crippen LogP contribution is 2.28. The monoisotopic (exact) mass is 1440 g/mol. The van der Waals surface area contributed by atoms with Crippen LogP contribution in [0.25, 0.3) is 10.9 Å². The van der Waals surface area contributed by atoms with Crippen LogP contribution in [0, 0.1) is 40.5 Å². The summed E-state index contributed by atoms with van der Waals surface area (Å²) < 4.78 is 11.3. The number of nitrogens with one attached hydrogen (secondary N) is 7. The van der Waals surface area contributed by atoms with Crippen LogP contribution < -0.4 is 53.8 Å². The third-order valence-electron chi connectivity index (χ3n) is 18.3. The second-order valence-corrected chi connectivity index (χ2v) is 26.3. The van der Waals surface area contributed by atoms with E-state index >= 15 is 14.4 Å². The van der Waals surface area contributed by atoms with Gasteiger partial charge in [-0.25, -0.2) is 9.69 Å². The van der Waals surface area contributed by atoms with Crippen LogP contribution in [-0.4, -0.2) is 177 Å². The molecule has 28 nitrogen and oxygen atoms in total. The van der Waals surface area contributed by atoms with Gasteiger partial charge in [0.2, 0.25) is 29.5 Å². The van der Waals surface area contributed by atoms with Crippen molar-refractivity contribution in [1.82, 2.24) is 46.7 Å². The van der Waals surface area contributed by atoms with E-state index in [0.29, 0.717) is 57.8 Å². The summed E-state index contributed by atoms with van der Waals surface area (Å²) >= 11 is 0. The number of aromatic amines is 1. The summed E-state index contributed by atoms with van der Waals surface area (Å²) in [6.45, 7) is 15.3. The van der Waals surface area contributed by atoms with Gasteiger partial charge < -0.3 is 78.9 Å². The fourth-order valence-electron chi connectivity index (χ4n) is 12.2. The van der Waals surface area contributed by atoms with Gasteiger partial charge in [-0.15, -0.1) is 0 Å². The molecular weight excluding hydrogens is 1330 g/mol. The Morgan fingerprint density at radius 3 is 1.71 bits per heavy atom. The number of carbonyl (C=O) groups is 10. The number of hydrogen-bond donors (Lipinski definition) is 13. The number of nitrogens with two attached hydrogens (primary N) is 3. The zero-order chi connectivity index (χ0) is 76.3. The molecule has 5 aromatic carbocycles. The number of aliphatic hydroxyl groups is 2. The number of nitrogens with zero attached hydrogens (tertiary/aromatic N) is 3. The van der Waals surface area contributed by atoms with Gasteiger partial charge in [-0.05, 0) is 166 Å². The third-order valence-corrected chi connectivity index (χ3v) is 18.3. The lowest BCUT2D eigenvalue weighted by Gasteiger charge is -2.33. The van der Waals surface area contributed by atoms with E-state index < -0.39 is 127 Å². The summed E-state index contributed by atoms with van der Waals surface area (Å²) in [6, 6.07) is 19.6. The average Bonchev–Trinajstić information content (AvgIpc) is 1.29. The molecule has 1 aliphatic rings. The number of hydrogen-bond acceptors (Lipinski definition) is 17. The smallest absolute Gasteiger partial charge is 0.408 e. The van der Waals surface area contributed by atoms with Gasteiger partial charge in [0.1, 0.15) is 55.2 Å². The minimum Gasteiger partial charge on any atom is -0.489 e. The number of ether oxygens (including phenoxy) is 2. The van der Waals surface area contributed by atoms with E-state index in [0.717, 1.165) is 45.9 Å². The minimum atomic E-state index is -1.90. The second kappa shape index (κ2) is 40.3. The van der Waals surface area contributed by atoms with Crippen LogP contribution >= 0.6 is 0 Å². The number of aliphatic hydroxyl groups excluding tert-OH is 2. The highest BCUT2D eigenvalue weighted by Gasteiger charge is 2.45. The number of benzene rings is 5. The van der Waals surface area contributed by atoms with E-state index in [4.69, 9.17) is 36.6 Å². The SMILES string of the molecule is CC(=O)O.CCN1CCCC1C(=O)N(C(=O)[C@H](Cc1ccc(OCc2ccccc2)cc1)NC(=O)[C@H](CO)NC(=O)[C@H](Cc1c[nH]c2ccccc12)NC(=O)[C@H](CO)NC(=O)OCc1ccccc1)C(=O)[C@H](CCCN=C(N)N)NC(=O)[C@H](CC(C)C)NC(=O)[C@@H](N)Cc1c(C)c(C)c(C)c(C)c1C. The number of fused-ring (bicyclic) bond motifs is 1. The van der Waals surface area contributed by atoms with Crippen molar-refractivity contribution in [2.75, 3.05) is 32.8 Å². The van der Waals surface area contributed by atoms with Crippen LogP contribution in [-0.2, 0) is 80.4 Å². The zero-order valence-electron chi connectivity index (χ0n) is 60.6. The van der Waals surface area contributed by atoms with Crippen molar-refractivity contribution in [3.05, 3.63) is 171 Å². The first-order valence-electron chi connectivity index (χ1n) is 34.8. The predicted molar refractivity (Wildman–Crippen MR) is 392 cm³/mol. The Labute approximate surface area is 606 Å². The van der Waals surface area contributed by atoms with E-state index in [-0.39, 0.29) is 70.2 Å². The van der Waals surface area contributed by atoms with Crippen LogP contribution in [0.4, 0.5) is 4.79 Å². The molecule has 7 rings (SSSR count). The molecule has 0 radical (unpaired) electrons. The number of aliphatic imine (C=N–C) groups is 1. The van der Waals surface area contributed by atoms with Gasteiger partial charge in [0.25, 0.3) is 23.7 Å². The first-order chi connectivity index (χ1) is 49.5. The maximum atomic E-state index is 16.0. The number of guanidine groups is 1. The molecule has 0 bridgehead atoms. The topological polar surface area (TPSA) is 435 Å². The highest BCUT2D eigenvalue weighted by atomic mass is 16.5. The molecule has 0 spiro atoms. The maximum Gasteiger partial charge on any atom is 0.408 e. The van der Waals surface area contributed by atoms with Crippen molar-refractivity contribution >= 4 is 76.2 Å². The molecule has 560 valence electrons. The molecule has 1 fully saturated rings. The van der Waals surface area contributed by atoms with E-state index in [1.807, 2.05) is 85.7 Å². The number of aromatic nitrogens is 1. The lowest BCUT2D eigenvalue weighted by atomic mass is 9.86. The van der Waals surface area contributed by atoms with E-state index in [1.54, 1.807) is 90.0 Å². The normalized spacial score (nSPS) is 14.7. The number of amides is 9. The predicted octanol–water partition coefficient (Wildman–Crippen LogP) is 3.90. The van der Waals surface area contributed by atoms with Gasteiger partial charge in [-0.3, -0.25) is 53.0 Å². The summed E-state index contributed by atoms with van der Waals surface area (Å²) in [5.74, 6) is -8.97. The largest absolute Gasteiger partial charge is 0.489 e. The van der Waals surface area contributed by atoms with E-state index in [2.05, 4.69) is 41.9 Å². The van der Waals surface area contributed by atoms with Crippen molar-refractivity contribution in [2.45, 2.75) is 175 Å². The van der Waals surface area contributed by atoms with Crippen molar-refractivity contribution in [1.29, 1.82) is 0 Å². The summed E-state index contributed by atoms with van der Waals surface area (Å²) in [7, 11) is 0. The molecule has 0 saturated carbocycles. The molecule has 0 aliphatic carbocycles. The quantitative estimate of drug-likeness (QED) is 0.0155. The number of imide groups is 3. The summed E-state index contributed by atoms with van der Waals surface area (Å²) in [6.07, 6.45) is 0.633. The number of alkyl carbamates (subject to hydrolysis) is 1. The number of carboxylic acid groups (broad SMARTS) is 1. The Bertz CT molecular complexity index is 3930. The molecule has 28 heteroatoms. The van der Waals surface area contributed by atoms with E-state index in [9.17, 15) is 39.0 Å². The van der Waals surface area contributed by atoms with Gasteiger partial charge in [-0.1, -0.05) is 112 Å². The molecule has 1 unspecified atom stereocenters. The van der Waals surface area contributed by atoms with Gasteiger partial charge >= 0.3 is 6.09 Å². The van der Waals surface area contributed by atoms with Crippen molar-refractivity contribution < 1.29 is 72.7 Å². The van der Waals surface area contributed by atoms with E-state index in [1.165, 1.54) is 0 Å². The Balaban J connectivity index is 0.00000413. The third kappa shape index (κ3) is 24.0. The van der Waals surface area contributed by atoms with Gasteiger partial charge in [0.15, 0.2) is 5.96 Å². The summed E-state index contributed by atoms with van der Waals surface area (Å²) in [5, 5.41) is 45.1. The van der Waals surface area contributed by atoms with Crippen molar-refractivity contribution in [3.63, 3.8) is 0 Å². The van der Waals surface area contributed by atoms with Crippen LogP contribution in [0.5, 0.6) is 5.75 Å². The van der Waals surface area contributed by atoms with Crippen LogP contribution in [0.3, 0.4) is 0 Å². The number of para-hydroxylation sites is 1. The lowest BCUT2D eigenvalue weighted by molar-refractivity contribution is -0.160. The molecule has 8 atom stereocenters. The summed E-state index contributed by atoms with van der Waals surface area (Å²) in [5.41, 5.74) is 27.4. The molecule has 2 heterocycles. The first kappa shape index (κ1) is 82.4. The Kier molecular flexibility index (Phi) is 32.0. The number of carboxylic acids is 1. The average molecular weight is 1440 g/mol. The van der Waals surface area contributed by atoms with Gasteiger partial charge in [0.05, 0.1) is 25.3 Å². The number of rotatable bonds is 34. The first-order valence-corrected chi connectivity index (χ1v) is 34.8. The molecule has 1 aliphatic heterocycles. The van der Waals surface area contributed by atoms with Crippen LogP contribution in [0.15, 0.2) is 120 Å². The minimum absolute atomic E-state index is 0.0203. The standard InChI is InChI=1S/C74H97N13O13.C2H4O2/c1-9-86-33-19-27-64(86)72(97)87(70(95)58(26-18-32-78-73(76)77)80-66(91)59(34-43(2)3)81-65(90)56(75)37-55-47(7)45(5)44(4)46(6)48(55)8)71(96)61(35-49-28-30-53(31-29-49)99-41-50-20-12-10-13-21-50)83-68(93)62(39-88)84-67(92)60(36-52-38-79-57-25-17-16-24-54(52)57)82-69(94)63(40-89)85-74(98)100-42-51-22-14-11-15-23-51;1-2(3)4/h10-17,20-25,28-31,38,43,56,58-64,79,88-89H,9,18-19,26-27,32-37,39-42,75H2,1-8H3,(H,80,91)(H,81,90)(H,82,94)(H,83,93)(H,84,92)(H,85,98)(H4,76,77,78);1H3,(H,3,4)/t56-,58-,59-,60-,61-,62-,63-,64?;/m0./s1. The van der Waals surface area contributed by atoms with Gasteiger partial charge in [-0.2, -0.15) is 0 Å². The summed E-state index contributed by atoms with van der Waals surface area (Å²) in [4.78, 5) is 152. The molecule has 6 aromatic rings. The van der Waals surface area contributed by atoms with Crippen LogP contribution in [0.2, 0.25) is 0 Å². The Morgan fingerprint density at radius 2 is 1.12 bits per heavy atom. The van der Waals surface area contributed by atoms with Gasteiger partial charge in [0, 0.05) is 43.4 Å². The number of carbonyl (C=O) groups excluding carboxylic acids is 9. The number of aliphatic carboxylic acids is 1. The molecule has 9 amide bonds. The van der Waals surface area contributed by atoms with Crippen molar-refractivity contribution in [2.24, 2.45) is 28.1 Å². The molecule has 104 heavy (non-hydrogen) atoms. The second-order valence-electron chi connectivity index (χ2n) is 26.3. The Hall–Kier alpha value is -10.6. The zero-order valence-corrected chi connectivity index (χ0v) is 60.6. The molecule has 1 aromatic heterocycles.